The molecule has 0 saturated carbocycles. The Morgan fingerprint density at radius 2 is 1.83 bits per heavy atom. The van der Waals surface area contributed by atoms with Crippen molar-refractivity contribution in [3.8, 4) is 0 Å². The maximum Gasteiger partial charge on any atom is 0.137 e. The third-order valence-electron chi connectivity index (χ3n) is 5.15. The molecule has 2 heterocycles. The summed E-state index contributed by atoms with van der Waals surface area (Å²) in [6, 6.07) is 19.6. The summed E-state index contributed by atoms with van der Waals surface area (Å²) < 4.78 is 24.2. The Morgan fingerprint density at radius 1 is 1.10 bits per heavy atom. The first-order valence-corrected chi connectivity index (χ1v) is 10.4. The lowest BCUT2D eigenvalue weighted by atomic mass is 9.96. The summed E-state index contributed by atoms with van der Waals surface area (Å²) in [5.74, 6) is 0. The van der Waals surface area contributed by atoms with E-state index in [0.717, 1.165) is 10.5 Å². The van der Waals surface area contributed by atoms with Gasteiger partial charge in [-0.3, -0.25) is 0 Å². The van der Waals surface area contributed by atoms with Crippen LogP contribution in [0.4, 0.5) is 0 Å². The van der Waals surface area contributed by atoms with E-state index in [9.17, 15) is 0 Å². The Kier molecular flexibility index (Phi) is 6.71. The molecule has 0 N–H and O–H groups in total. The molecule has 0 aliphatic carbocycles. The van der Waals surface area contributed by atoms with Crippen molar-refractivity contribution in [2.45, 2.75) is 47.4 Å². The number of rotatable bonds is 7. The van der Waals surface area contributed by atoms with Crippen molar-refractivity contribution in [3.63, 3.8) is 0 Å². The van der Waals surface area contributed by atoms with Crippen molar-refractivity contribution >= 4 is 11.8 Å². The normalized spacial score (nSPS) is 31.1. The summed E-state index contributed by atoms with van der Waals surface area (Å²) in [7, 11) is 1.59. The Hall–Kier alpha value is -2.06. The van der Waals surface area contributed by atoms with Gasteiger partial charge in [-0.05, 0) is 23.2 Å². The molecule has 2 aromatic rings. The number of azide groups is 1. The second-order valence-electron chi connectivity index (χ2n) is 6.93. The van der Waals surface area contributed by atoms with Gasteiger partial charge < -0.3 is 18.9 Å². The van der Waals surface area contributed by atoms with Crippen LogP contribution in [0.5, 0.6) is 0 Å². The molecule has 0 unspecified atom stereocenters. The third-order valence-corrected chi connectivity index (χ3v) is 6.30. The van der Waals surface area contributed by atoms with Gasteiger partial charge in [0.25, 0.3) is 0 Å². The third kappa shape index (κ3) is 4.59. The van der Waals surface area contributed by atoms with Gasteiger partial charge in [0, 0.05) is 16.9 Å². The maximum absolute atomic E-state index is 9.04. The molecule has 4 rings (SSSR count). The van der Waals surface area contributed by atoms with Crippen LogP contribution >= 0.6 is 11.8 Å². The molecule has 29 heavy (non-hydrogen) atoms. The number of nitrogens with zero attached hydrogens (tertiary/aromatic N) is 3. The average molecular weight is 413 g/mol. The highest BCUT2D eigenvalue weighted by molar-refractivity contribution is 7.99. The fourth-order valence-electron chi connectivity index (χ4n) is 3.71. The van der Waals surface area contributed by atoms with E-state index in [0.29, 0.717) is 13.2 Å². The first kappa shape index (κ1) is 20.2. The van der Waals surface area contributed by atoms with Gasteiger partial charge in [0.1, 0.15) is 17.6 Å². The van der Waals surface area contributed by atoms with E-state index in [2.05, 4.69) is 10.0 Å². The zero-order valence-corrected chi connectivity index (χ0v) is 16.9. The Balaban J connectivity index is 1.56. The molecule has 8 heteroatoms. The summed E-state index contributed by atoms with van der Waals surface area (Å²) in [6.07, 6.45) is -1.41. The van der Waals surface area contributed by atoms with Crippen LogP contribution in [0.25, 0.3) is 10.4 Å². The van der Waals surface area contributed by atoms with E-state index >= 15 is 0 Å². The summed E-state index contributed by atoms with van der Waals surface area (Å²) in [4.78, 5) is 4.08. The van der Waals surface area contributed by atoms with E-state index < -0.39 is 12.1 Å². The molecule has 7 nitrogen and oxygen atoms in total. The van der Waals surface area contributed by atoms with Crippen molar-refractivity contribution < 1.29 is 18.9 Å². The second-order valence-corrected chi connectivity index (χ2v) is 8.10. The minimum atomic E-state index is -0.465. The standard InChI is InChI=1S/C21H23N3O4S/c1-25-16-13-27-19-18(17(16)23-24-22)28-21(29-15-10-6-3-7-11-15)20(19)26-12-14-8-4-2-5-9-14/h2-11,16-21H,12-13H2,1H3/t16-,17-,18-,19-,20-,21-/m1/s1. The minimum absolute atomic E-state index is 0.289. The highest BCUT2D eigenvalue weighted by Gasteiger charge is 2.54. The predicted molar refractivity (Wildman–Crippen MR) is 109 cm³/mol. The number of thioether (sulfide) groups is 1. The average Bonchev–Trinajstić information content (AvgIpc) is 3.11. The zero-order valence-electron chi connectivity index (χ0n) is 16.0. The number of benzene rings is 2. The van der Waals surface area contributed by atoms with Crippen molar-refractivity contribution in [1.29, 1.82) is 0 Å². The molecule has 2 aliphatic rings. The number of hydrogen-bond donors (Lipinski definition) is 0. The topological polar surface area (TPSA) is 85.7 Å². The highest BCUT2D eigenvalue weighted by atomic mass is 32.2. The zero-order chi connectivity index (χ0) is 20.1. The van der Waals surface area contributed by atoms with Crippen molar-refractivity contribution in [1.82, 2.24) is 0 Å². The number of ether oxygens (including phenoxy) is 4. The molecular formula is C21H23N3O4S. The quantitative estimate of drug-likeness (QED) is 0.386. The molecule has 2 aromatic carbocycles. The highest BCUT2D eigenvalue weighted by Crippen LogP contribution is 2.41. The second kappa shape index (κ2) is 9.63. The van der Waals surface area contributed by atoms with Crippen LogP contribution in [0.1, 0.15) is 5.56 Å². The molecule has 0 amide bonds. The molecule has 0 bridgehead atoms. The maximum atomic E-state index is 9.04. The molecule has 0 radical (unpaired) electrons. The Morgan fingerprint density at radius 3 is 2.52 bits per heavy atom. The first-order chi connectivity index (χ1) is 14.3. The van der Waals surface area contributed by atoms with E-state index in [1.807, 2.05) is 60.7 Å². The van der Waals surface area contributed by atoms with Crippen LogP contribution in [-0.4, -0.2) is 49.6 Å². The predicted octanol–water partition coefficient (Wildman–Crippen LogP) is 4.18. The smallest absolute Gasteiger partial charge is 0.137 e. The van der Waals surface area contributed by atoms with E-state index in [1.165, 1.54) is 0 Å². The number of methoxy groups -OCH3 is 1. The number of hydrogen-bond acceptors (Lipinski definition) is 6. The monoisotopic (exact) mass is 413 g/mol. The van der Waals surface area contributed by atoms with Gasteiger partial charge in [-0.1, -0.05) is 65.4 Å². The largest absolute Gasteiger partial charge is 0.379 e. The summed E-state index contributed by atoms with van der Waals surface area (Å²) in [5.41, 5.74) is 9.83. The van der Waals surface area contributed by atoms with Gasteiger partial charge in [-0.25, -0.2) is 0 Å². The van der Waals surface area contributed by atoms with Crippen LogP contribution < -0.4 is 0 Å². The first-order valence-electron chi connectivity index (χ1n) is 9.51. The molecule has 2 aliphatic heterocycles. The van der Waals surface area contributed by atoms with Gasteiger partial charge in [-0.15, -0.1) is 0 Å². The Labute approximate surface area is 173 Å². The fraction of sp³-hybridized carbons (Fsp3) is 0.429. The van der Waals surface area contributed by atoms with Gasteiger partial charge in [-0.2, -0.15) is 0 Å². The van der Waals surface area contributed by atoms with Crippen LogP contribution in [0.2, 0.25) is 0 Å². The van der Waals surface area contributed by atoms with Crippen LogP contribution in [0, 0.1) is 0 Å². The van der Waals surface area contributed by atoms with Gasteiger partial charge in [0.05, 0.1) is 31.5 Å². The van der Waals surface area contributed by atoms with E-state index in [-0.39, 0.29) is 23.7 Å². The van der Waals surface area contributed by atoms with Crippen LogP contribution in [0.15, 0.2) is 70.7 Å². The van der Waals surface area contributed by atoms with Crippen LogP contribution in [-0.2, 0) is 25.6 Å². The lowest BCUT2D eigenvalue weighted by Gasteiger charge is -2.36. The van der Waals surface area contributed by atoms with E-state index in [1.54, 1.807) is 18.9 Å². The molecular weight excluding hydrogens is 390 g/mol. The molecule has 0 aromatic heterocycles. The van der Waals surface area contributed by atoms with Crippen molar-refractivity contribution in [2.75, 3.05) is 13.7 Å². The summed E-state index contributed by atoms with van der Waals surface area (Å²) >= 11 is 1.59. The molecule has 6 atom stereocenters. The summed E-state index contributed by atoms with van der Waals surface area (Å²) in [5, 5.41) is 3.96. The molecule has 2 fully saturated rings. The minimum Gasteiger partial charge on any atom is -0.379 e. The van der Waals surface area contributed by atoms with E-state index in [4.69, 9.17) is 24.5 Å². The van der Waals surface area contributed by atoms with Gasteiger partial charge >= 0.3 is 0 Å². The van der Waals surface area contributed by atoms with Crippen molar-refractivity contribution in [2.24, 2.45) is 5.11 Å². The van der Waals surface area contributed by atoms with Crippen LogP contribution in [0.3, 0.4) is 0 Å². The molecule has 152 valence electrons. The number of fused-ring (bicyclic) bond motifs is 1. The van der Waals surface area contributed by atoms with Crippen molar-refractivity contribution in [3.05, 3.63) is 76.7 Å². The lowest BCUT2D eigenvalue weighted by molar-refractivity contribution is -0.144. The SMILES string of the molecule is CO[C@@H]1CO[C@@H]2[C@H](O[C@H](Sc3ccccc3)[C@@H]2OCc2ccccc2)[C@@H]1N=[N+]=[N-]. The fourth-order valence-corrected chi connectivity index (χ4v) is 4.84. The van der Waals surface area contributed by atoms with Gasteiger partial charge in [0.15, 0.2) is 0 Å². The van der Waals surface area contributed by atoms with Gasteiger partial charge in [0.2, 0.25) is 0 Å². The Bertz CT molecular complexity index is 834. The molecule has 0 spiro atoms. The molecule has 2 saturated heterocycles. The lowest BCUT2D eigenvalue weighted by Crippen LogP contribution is -2.53. The summed E-state index contributed by atoms with van der Waals surface area (Å²) in [6.45, 7) is 0.784.